The topological polar surface area (TPSA) is 12.0 Å². The van der Waals surface area contributed by atoms with Crippen LogP contribution >= 0.6 is 0 Å². The Morgan fingerprint density at radius 1 is 1.08 bits per heavy atom. The molecule has 1 rings (SSSR count). The minimum Gasteiger partial charge on any atom is -0.317 e. The summed E-state index contributed by atoms with van der Waals surface area (Å²) in [6.07, 6.45) is 0. The lowest BCUT2D eigenvalue weighted by Crippen LogP contribution is -2.27. The van der Waals surface area contributed by atoms with Crippen molar-refractivity contribution in [1.29, 1.82) is 0 Å². The molecule has 1 N–H and O–H groups in total. The van der Waals surface area contributed by atoms with Crippen molar-refractivity contribution in [3.63, 3.8) is 0 Å². The average molecular weight is 163 g/mol. The predicted octanol–water partition coefficient (Wildman–Crippen LogP) is 2.40. The Kier molecular flexibility index (Phi) is 3.30. The molecule has 1 aromatic rings. The molecule has 0 fully saturated rings. The maximum atomic E-state index is 3.26. The van der Waals surface area contributed by atoms with E-state index >= 15 is 0 Å². The normalized spacial score (nSPS) is 15.6. The smallest absolute Gasteiger partial charge is 0.0102 e. The fraction of sp³-hybridized carbons (Fsp3) is 0.455. The fourth-order valence-electron chi connectivity index (χ4n) is 1.30. The molecule has 0 spiro atoms. The molecule has 66 valence electrons. The second-order valence-electron chi connectivity index (χ2n) is 3.28. The lowest BCUT2D eigenvalue weighted by atomic mass is 9.95. The highest BCUT2D eigenvalue weighted by atomic mass is 14.9. The van der Waals surface area contributed by atoms with Crippen LogP contribution in [0.4, 0.5) is 0 Å². The summed E-state index contributed by atoms with van der Waals surface area (Å²) in [6, 6.07) is 11.1. The van der Waals surface area contributed by atoms with Gasteiger partial charge in [-0.1, -0.05) is 37.3 Å². The van der Waals surface area contributed by atoms with Gasteiger partial charge in [-0.25, -0.2) is 0 Å². The van der Waals surface area contributed by atoms with Gasteiger partial charge < -0.3 is 5.32 Å². The lowest BCUT2D eigenvalue weighted by Gasteiger charge is -2.19. The van der Waals surface area contributed by atoms with Gasteiger partial charge in [0.05, 0.1) is 0 Å². The summed E-state index contributed by atoms with van der Waals surface area (Å²) in [7, 11) is 2.00. The van der Waals surface area contributed by atoms with Crippen LogP contribution in [-0.4, -0.2) is 13.1 Å². The summed E-state index contributed by atoms with van der Waals surface area (Å²) in [5.41, 5.74) is 1.40. The van der Waals surface area contributed by atoms with E-state index in [9.17, 15) is 0 Å². The lowest BCUT2D eigenvalue weighted by molar-refractivity contribution is 0.524. The van der Waals surface area contributed by atoms with E-state index in [0.717, 1.165) is 0 Å². The molecule has 0 unspecified atom stereocenters. The zero-order valence-corrected chi connectivity index (χ0v) is 8.04. The summed E-state index contributed by atoms with van der Waals surface area (Å²) in [4.78, 5) is 0. The highest BCUT2D eigenvalue weighted by molar-refractivity contribution is 5.20. The van der Waals surface area contributed by atoms with Crippen LogP contribution in [0.15, 0.2) is 30.3 Å². The van der Waals surface area contributed by atoms with E-state index < -0.39 is 0 Å². The largest absolute Gasteiger partial charge is 0.317 e. The molecule has 0 aliphatic carbocycles. The van der Waals surface area contributed by atoms with Gasteiger partial charge in [0.2, 0.25) is 0 Å². The third-order valence-corrected chi connectivity index (χ3v) is 2.53. The molecule has 0 amide bonds. The van der Waals surface area contributed by atoms with Crippen molar-refractivity contribution in [1.82, 2.24) is 5.32 Å². The summed E-state index contributed by atoms with van der Waals surface area (Å²) < 4.78 is 0. The van der Waals surface area contributed by atoms with Crippen molar-refractivity contribution in [2.45, 2.75) is 25.8 Å². The van der Waals surface area contributed by atoms with E-state index in [2.05, 4.69) is 49.5 Å². The molecular weight excluding hydrogens is 146 g/mol. The molecule has 0 bridgehead atoms. The van der Waals surface area contributed by atoms with Crippen LogP contribution in [-0.2, 0) is 0 Å². The van der Waals surface area contributed by atoms with E-state index in [1.165, 1.54) is 5.56 Å². The van der Waals surface area contributed by atoms with Crippen molar-refractivity contribution in [3.8, 4) is 0 Å². The van der Waals surface area contributed by atoms with E-state index in [4.69, 9.17) is 0 Å². The van der Waals surface area contributed by atoms with Crippen molar-refractivity contribution < 1.29 is 0 Å². The third kappa shape index (κ3) is 2.08. The van der Waals surface area contributed by atoms with Crippen molar-refractivity contribution in [3.05, 3.63) is 35.9 Å². The van der Waals surface area contributed by atoms with E-state index in [1.54, 1.807) is 0 Å². The Morgan fingerprint density at radius 3 is 2.17 bits per heavy atom. The zero-order chi connectivity index (χ0) is 8.97. The van der Waals surface area contributed by atoms with Crippen LogP contribution in [0.1, 0.15) is 25.3 Å². The Balaban J connectivity index is 2.71. The first kappa shape index (κ1) is 9.27. The molecule has 1 nitrogen and oxygen atoms in total. The van der Waals surface area contributed by atoms with Crippen LogP contribution < -0.4 is 5.32 Å². The predicted molar refractivity (Wildman–Crippen MR) is 53.4 cm³/mol. The zero-order valence-electron chi connectivity index (χ0n) is 8.04. The van der Waals surface area contributed by atoms with Crippen LogP contribution in [0.3, 0.4) is 0 Å². The summed E-state index contributed by atoms with van der Waals surface area (Å²) >= 11 is 0. The molecule has 1 heteroatoms. The SMILES string of the molecule is CN[C@H](C)[C@H](C)c1ccccc1. The fourth-order valence-corrected chi connectivity index (χ4v) is 1.30. The quantitative estimate of drug-likeness (QED) is 0.721. The van der Waals surface area contributed by atoms with E-state index in [0.29, 0.717) is 12.0 Å². The average Bonchev–Trinajstić information content (AvgIpc) is 2.17. The highest BCUT2D eigenvalue weighted by Crippen LogP contribution is 2.17. The number of benzene rings is 1. The highest BCUT2D eigenvalue weighted by Gasteiger charge is 2.10. The summed E-state index contributed by atoms with van der Waals surface area (Å²) in [5, 5.41) is 3.26. The Bertz CT molecular complexity index is 218. The van der Waals surface area contributed by atoms with Gasteiger partial charge in [0, 0.05) is 6.04 Å². The maximum absolute atomic E-state index is 3.26. The summed E-state index contributed by atoms with van der Waals surface area (Å²) in [6.45, 7) is 4.45. The van der Waals surface area contributed by atoms with Gasteiger partial charge in [-0.15, -0.1) is 0 Å². The van der Waals surface area contributed by atoms with Crippen molar-refractivity contribution >= 4 is 0 Å². The first-order valence-corrected chi connectivity index (χ1v) is 4.48. The monoisotopic (exact) mass is 163 g/mol. The van der Waals surface area contributed by atoms with Gasteiger partial charge in [0.25, 0.3) is 0 Å². The molecule has 0 radical (unpaired) electrons. The minimum atomic E-state index is 0.535. The Hall–Kier alpha value is -0.820. The van der Waals surface area contributed by atoms with Gasteiger partial charge in [-0.3, -0.25) is 0 Å². The van der Waals surface area contributed by atoms with Crippen LogP contribution in [0.25, 0.3) is 0 Å². The number of hydrogen-bond donors (Lipinski definition) is 1. The van der Waals surface area contributed by atoms with Gasteiger partial charge in [-0.05, 0) is 25.5 Å². The molecule has 1 aromatic carbocycles. The molecule has 0 aliphatic heterocycles. The third-order valence-electron chi connectivity index (χ3n) is 2.53. The molecule has 0 aliphatic rings. The molecular formula is C11H17N. The molecule has 0 saturated heterocycles. The second kappa shape index (κ2) is 4.27. The van der Waals surface area contributed by atoms with Gasteiger partial charge in [0.15, 0.2) is 0 Å². The first-order valence-electron chi connectivity index (χ1n) is 4.48. The molecule has 12 heavy (non-hydrogen) atoms. The van der Waals surface area contributed by atoms with E-state index in [1.807, 2.05) is 7.05 Å². The number of likely N-dealkylation sites (N-methyl/N-ethyl adjacent to an activating group) is 1. The summed E-state index contributed by atoms with van der Waals surface area (Å²) in [5.74, 6) is 0.580. The van der Waals surface area contributed by atoms with Gasteiger partial charge >= 0.3 is 0 Å². The Morgan fingerprint density at radius 2 is 1.67 bits per heavy atom. The maximum Gasteiger partial charge on any atom is 0.0102 e. The number of nitrogens with one attached hydrogen (secondary N) is 1. The van der Waals surface area contributed by atoms with E-state index in [-0.39, 0.29) is 0 Å². The molecule has 2 atom stereocenters. The number of rotatable bonds is 3. The van der Waals surface area contributed by atoms with Crippen LogP contribution in [0.2, 0.25) is 0 Å². The van der Waals surface area contributed by atoms with Crippen LogP contribution in [0.5, 0.6) is 0 Å². The van der Waals surface area contributed by atoms with Gasteiger partial charge in [0.1, 0.15) is 0 Å². The standard InChI is InChI=1S/C11H17N/c1-9(10(2)12-3)11-7-5-4-6-8-11/h4-10,12H,1-3H3/t9-,10+/m0/s1. The first-order chi connectivity index (χ1) is 5.75. The minimum absolute atomic E-state index is 0.535. The molecule has 0 aromatic heterocycles. The van der Waals surface area contributed by atoms with Crippen LogP contribution in [0, 0.1) is 0 Å². The van der Waals surface area contributed by atoms with Crippen molar-refractivity contribution in [2.75, 3.05) is 7.05 Å². The second-order valence-corrected chi connectivity index (χ2v) is 3.28. The molecule has 0 heterocycles. The number of hydrogen-bond acceptors (Lipinski definition) is 1. The van der Waals surface area contributed by atoms with Crippen molar-refractivity contribution in [2.24, 2.45) is 0 Å². The van der Waals surface area contributed by atoms with Gasteiger partial charge in [-0.2, -0.15) is 0 Å². The molecule has 0 saturated carbocycles. The Labute approximate surface area is 74.8 Å².